The first-order chi connectivity index (χ1) is 13.0. The summed E-state index contributed by atoms with van der Waals surface area (Å²) in [6.07, 6.45) is 0.265. The number of halogens is 2. The SMILES string of the molecule is O=C1C(Cl)C(C2=Nc3ccccc3N=C(Cl)C2)N1c1ccc([N+](=O)[O-])cc1. The first-order valence-corrected chi connectivity index (χ1v) is 8.88. The number of non-ortho nitro benzene ring substituents is 1. The highest BCUT2D eigenvalue weighted by Gasteiger charge is 2.50. The van der Waals surface area contributed by atoms with Gasteiger partial charge in [0.1, 0.15) is 16.6 Å². The Bertz CT molecular complexity index is 1000. The van der Waals surface area contributed by atoms with Crippen molar-refractivity contribution in [2.45, 2.75) is 17.8 Å². The molecule has 0 radical (unpaired) electrons. The fourth-order valence-electron chi connectivity index (χ4n) is 3.13. The Balaban J connectivity index is 1.72. The number of nitrogens with zero attached hydrogens (tertiary/aromatic N) is 4. The maximum absolute atomic E-state index is 12.4. The van der Waals surface area contributed by atoms with Crippen LogP contribution in [0, 0.1) is 10.1 Å². The summed E-state index contributed by atoms with van der Waals surface area (Å²) < 4.78 is 0. The van der Waals surface area contributed by atoms with Gasteiger partial charge in [0, 0.05) is 24.2 Å². The van der Waals surface area contributed by atoms with Crippen LogP contribution in [0.25, 0.3) is 0 Å². The summed E-state index contributed by atoms with van der Waals surface area (Å²) in [5, 5.41) is 10.4. The van der Waals surface area contributed by atoms with Crippen LogP contribution in [0.2, 0.25) is 0 Å². The highest BCUT2D eigenvalue weighted by molar-refractivity contribution is 6.67. The third-order valence-corrected chi connectivity index (χ3v) is 5.07. The first-order valence-electron chi connectivity index (χ1n) is 8.07. The number of nitro benzene ring substituents is 1. The van der Waals surface area contributed by atoms with Crippen LogP contribution in [-0.2, 0) is 4.79 Å². The molecule has 2 aliphatic heterocycles. The monoisotopic (exact) mass is 402 g/mol. The maximum Gasteiger partial charge on any atom is 0.269 e. The Hall–Kier alpha value is -2.77. The molecule has 2 aromatic rings. The smallest absolute Gasteiger partial charge is 0.269 e. The van der Waals surface area contributed by atoms with E-state index in [1.165, 1.54) is 29.2 Å². The van der Waals surface area contributed by atoms with Crippen LogP contribution in [0.1, 0.15) is 6.42 Å². The van der Waals surface area contributed by atoms with Crippen molar-refractivity contribution in [3.05, 3.63) is 58.6 Å². The van der Waals surface area contributed by atoms with E-state index in [4.69, 9.17) is 23.2 Å². The molecule has 1 amide bonds. The molecule has 0 aliphatic carbocycles. The van der Waals surface area contributed by atoms with Crippen molar-refractivity contribution in [2.24, 2.45) is 9.98 Å². The van der Waals surface area contributed by atoms with Gasteiger partial charge >= 0.3 is 0 Å². The van der Waals surface area contributed by atoms with Crippen LogP contribution in [0.4, 0.5) is 22.7 Å². The van der Waals surface area contributed by atoms with Crippen LogP contribution in [0.15, 0.2) is 58.5 Å². The largest absolute Gasteiger partial charge is 0.300 e. The lowest BCUT2D eigenvalue weighted by atomic mass is 9.93. The van der Waals surface area contributed by atoms with Crippen molar-refractivity contribution in [3.8, 4) is 0 Å². The lowest BCUT2D eigenvalue weighted by molar-refractivity contribution is -0.384. The normalized spacial score (nSPS) is 21.6. The molecule has 2 aromatic carbocycles. The minimum absolute atomic E-state index is 0.0541. The van der Waals surface area contributed by atoms with Crippen molar-refractivity contribution in [1.29, 1.82) is 0 Å². The van der Waals surface area contributed by atoms with E-state index >= 15 is 0 Å². The number of para-hydroxylation sites is 2. The molecule has 2 unspecified atom stereocenters. The number of hydrogen-bond donors (Lipinski definition) is 0. The van der Waals surface area contributed by atoms with Crippen molar-refractivity contribution in [1.82, 2.24) is 0 Å². The van der Waals surface area contributed by atoms with Gasteiger partial charge in [-0.05, 0) is 24.3 Å². The molecule has 27 heavy (non-hydrogen) atoms. The maximum atomic E-state index is 12.4. The van der Waals surface area contributed by atoms with Crippen LogP contribution < -0.4 is 4.90 Å². The van der Waals surface area contributed by atoms with Crippen LogP contribution in [0.5, 0.6) is 0 Å². The highest BCUT2D eigenvalue weighted by atomic mass is 35.5. The lowest BCUT2D eigenvalue weighted by Crippen LogP contribution is -2.66. The molecular formula is C18H12Cl2N4O3. The zero-order chi connectivity index (χ0) is 19.1. The molecule has 9 heteroatoms. The van der Waals surface area contributed by atoms with Crippen LogP contribution in [0.3, 0.4) is 0 Å². The average molecular weight is 403 g/mol. The summed E-state index contributed by atoms with van der Waals surface area (Å²) in [6.45, 7) is 0. The zero-order valence-electron chi connectivity index (χ0n) is 13.8. The molecule has 0 bridgehead atoms. The molecule has 7 nitrogen and oxygen atoms in total. The Morgan fingerprint density at radius 3 is 2.33 bits per heavy atom. The molecule has 2 atom stereocenters. The third kappa shape index (κ3) is 3.09. The Morgan fingerprint density at radius 2 is 1.70 bits per heavy atom. The number of rotatable bonds is 3. The van der Waals surface area contributed by atoms with Crippen molar-refractivity contribution >= 4 is 62.7 Å². The van der Waals surface area contributed by atoms with Gasteiger partial charge in [0.2, 0.25) is 5.91 Å². The van der Waals surface area contributed by atoms with E-state index < -0.39 is 16.3 Å². The molecular weight excluding hydrogens is 391 g/mol. The van der Waals surface area contributed by atoms with E-state index in [1.807, 2.05) is 24.3 Å². The second-order valence-corrected chi connectivity index (χ2v) is 6.99. The van der Waals surface area contributed by atoms with E-state index in [9.17, 15) is 14.9 Å². The Kier molecular flexibility index (Phi) is 4.41. The first kappa shape index (κ1) is 17.6. The van der Waals surface area contributed by atoms with Gasteiger partial charge < -0.3 is 4.90 Å². The minimum Gasteiger partial charge on any atom is -0.300 e. The summed E-state index contributed by atoms with van der Waals surface area (Å²) in [4.78, 5) is 33.2. The van der Waals surface area contributed by atoms with Crippen LogP contribution in [-0.4, -0.2) is 33.1 Å². The molecule has 0 aromatic heterocycles. The van der Waals surface area contributed by atoms with Gasteiger partial charge in [-0.2, -0.15) is 0 Å². The molecule has 4 rings (SSSR count). The Labute approximate surface area is 164 Å². The fourth-order valence-corrected chi connectivity index (χ4v) is 3.72. The summed E-state index contributed by atoms with van der Waals surface area (Å²) in [7, 11) is 0. The number of aliphatic imine (C=N–C) groups is 2. The molecule has 1 saturated heterocycles. The number of carbonyl (C=O) groups is 1. The number of nitro groups is 1. The number of anilines is 1. The average Bonchev–Trinajstić information content (AvgIpc) is 2.82. The predicted octanol–water partition coefficient (Wildman–Crippen LogP) is 4.36. The molecule has 0 spiro atoms. The summed E-state index contributed by atoms with van der Waals surface area (Å²) in [5.41, 5.74) is 2.38. The molecule has 2 aliphatic rings. The standard InChI is InChI=1S/C18H12Cl2N4O3/c19-15-9-14(21-12-3-1-2-4-13(12)22-15)17-16(20)18(25)23(17)10-5-7-11(8-6-10)24(26)27/h1-8,16-17H,9H2. The third-order valence-electron chi connectivity index (χ3n) is 4.42. The topological polar surface area (TPSA) is 88.2 Å². The number of alkyl halides is 1. The van der Waals surface area contributed by atoms with E-state index in [0.717, 1.165) is 0 Å². The summed E-state index contributed by atoms with van der Waals surface area (Å²) in [5.74, 6) is -0.288. The Morgan fingerprint density at radius 1 is 1.07 bits per heavy atom. The summed E-state index contributed by atoms with van der Waals surface area (Å²) in [6, 6.07) is 12.5. The van der Waals surface area contributed by atoms with E-state index in [1.54, 1.807) is 0 Å². The van der Waals surface area contributed by atoms with Crippen LogP contribution >= 0.6 is 23.2 Å². The van der Waals surface area contributed by atoms with Gasteiger partial charge in [-0.3, -0.25) is 19.9 Å². The van der Waals surface area contributed by atoms with Gasteiger partial charge in [-0.15, -0.1) is 11.6 Å². The zero-order valence-corrected chi connectivity index (χ0v) is 15.3. The number of fused-ring (bicyclic) bond motifs is 1. The number of hydrogen-bond acceptors (Lipinski definition) is 5. The van der Waals surface area contributed by atoms with Gasteiger partial charge in [-0.25, -0.2) is 4.99 Å². The predicted molar refractivity (Wildman–Crippen MR) is 105 cm³/mol. The molecule has 2 heterocycles. The van der Waals surface area contributed by atoms with Gasteiger partial charge in [0.25, 0.3) is 5.69 Å². The molecule has 0 saturated carbocycles. The van der Waals surface area contributed by atoms with Crippen molar-refractivity contribution in [3.63, 3.8) is 0 Å². The van der Waals surface area contributed by atoms with E-state index in [-0.39, 0.29) is 18.0 Å². The van der Waals surface area contributed by atoms with Gasteiger partial charge in [-0.1, -0.05) is 23.7 Å². The van der Waals surface area contributed by atoms with Gasteiger partial charge in [0.05, 0.1) is 22.0 Å². The summed E-state index contributed by atoms with van der Waals surface area (Å²) >= 11 is 12.5. The molecule has 0 N–H and O–H groups in total. The minimum atomic E-state index is -0.784. The highest BCUT2D eigenvalue weighted by Crippen LogP contribution is 2.38. The molecule has 136 valence electrons. The van der Waals surface area contributed by atoms with Crippen molar-refractivity contribution < 1.29 is 9.72 Å². The lowest BCUT2D eigenvalue weighted by Gasteiger charge is -2.44. The molecule has 1 fully saturated rings. The number of carbonyl (C=O) groups excluding carboxylic acids is 1. The number of amides is 1. The second kappa shape index (κ2) is 6.75. The van der Waals surface area contributed by atoms with E-state index in [2.05, 4.69) is 9.98 Å². The fraction of sp³-hybridized carbons (Fsp3) is 0.167. The number of β-lactam (4-membered cyclic amide) rings is 1. The van der Waals surface area contributed by atoms with E-state index in [0.29, 0.717) is 27.9 Å². The van der Waals surface area contributed by atoms with Crippen molar-refractivity contribution in [2.75, 3.05) is 4.90 Å². The van der Waals surface area contributed by atoms with Gasteiger partial charge in [0.15, 0.2) is 0 Å². The number of benzene rings is 2. The quantitative estimate of drug-likeness (QED) is 0.330. The second-order valence-electron chi connectivity index (χ2n) is 6.09.